The van der Waals surface area contributed by atoms with Gasteiger partial charge in [0.2, 0.25) is 0 Å². The Kier molecular flexibility index (Phi) is 8.31. The van der Waals surface area contributed by atoms with Crippen LogP contribution in [0.25, 0.3) is 0 Å². The molecule has 0 aliphatic carbocycles. The molecule has 0 spiro atoms. The second kappa shape index (κ2) is 10.4. The largest absolute Gasteiger partial charge is 0.460 e. The van der Waals surface area contributed by atoms with Gasteiger partial charge < -0.3 is 43.7 Å². The van der Waals surface area contributed by atoms with Crippen molar-refractivity contribution in [3.63, 3.8) is 0 Å². The van der Waals surface area contributed by atoms with E-state index in [-0.39, 0.29) is 36.9 Å². The lowest BCUT2D eigenvalue weighted by atomic mass is 9.93. The molecule has 10 nitrogen and oxygen atoms in total. The number of aliphatic hydroxyl groups is 3. The van der Waals surface area contributed by atoms with E-state index in [1.54, 1.807) is 13.8 Å². The molecular weight excluding hydrogens is 412 g/mol. The van der Waals surface area contributed by atoms with E-state index in [0.29, 0.717) is 6.42 Å². The maximum Gasteiger partial charge on any atom is 0.303 e. The quantitative estimate of drug-likeness (QED) is 0.509. The molecule has 0 aromatic rings. The molecule has 3 fully saturated rings. The molecule has 0 radical (unpaired) electrons. The van der Waals surface area contributed by atoms with Gasteiger partial charge in [-0.05, 0) is 20.8 Å². The van der Waals surface area contributed by atoms with Gasteiger partial charge in [-0.15, -0.1) is 0 Å². The summed E-state index contributed by atoms with van der Waals surface area (Å²) >= 11 is 0. The fourth-order valence-corrected chi connectivity index (χ4v) is 4.54. The van der Waals surface area contributed by atoms with Gasteiger partial charge in [0.15, 0.2) is 18.9 Å². The number of hydrogen-bond acceptors (Lipinski definition) is 10. The fourth-order valence-electron chi connectivity index (χ4n) is 4.54. The monoisotopic (exact) mass is 448 g/mol. The van der Waals surface area contributed by atoms with Gasteiger partial charge in [-0.25, -0.2) is 0 Å². The van der Waals surface area contributed by atoms with Crippen LogP contribution in [0.4, 0.5) is 0 Å². The predicted molar refractivity (Wildman–Crippen MR) is 106 cm³/mol. The molecule has 0 aromatic heterocycles. The normalized spacial score (nSPS) is 48.9. The number of aliphatic hydroxyl groups excluding tert-OH is 3. The number of esters is 1. The molecule has 0 unspecified atom stereocenters. The molecule has 3 aliphatic rings. The average Bonchev–Trinajstić information content (AvgIpc) is 2.66. The van der Waals surface area contributed by atoms with Crippen LogP contribution in [0.15, 0.2) is 0 Å². The van der Waals surface area contributed by atoms with E-state index < -0.39 is 55.5 Å². The van der Waals surface area contributed by atoms with Crippen LogP contribution < -0.4 is 0 Å². The summed E-state index contributed by atoms with van der Waals surface area (Å²) in [6, 6.07) is 0. The van der Waals surface area contributed by atoms with Gasteiger partial charge in [-0.2, -0.15) is 0 Å². The minimum absolute atomic E-state index is 0.0273. The van der Waals surface area contributed by atoms with Crippen molar-refractivity contribution >= 4 is 5.97 Å². The Morgan fingerprint density at radius 1 is 0.774 bits per heavy atom. The zero-order valence-electron chi connectivity index (χ0n) is 18.7. The highest BCUT2D eigenvalue weighted by molar-refractivity contribution is 5.66. The molecule has 10 heteroatoms. The molecule has 0 bridgehead atoms. The van der Waals surface area contributed by atoms with Gasteiger partial charge in [0.25, 0.3) is 0 Å². The van der Waals surface area contributed by atoms with Gasteiger partial charge >= 0.3 is 5.97 Å². The van der Waals surface area contributed by atoms with E-state index in [2.05, 4.69) is 0 Å². The van der Waals surface area contributed by atoms with Crippen molar-refractivity contribution in [3.8, 4) is 0 Å². The Morgan fingerprint density at radius 3 is 1.87 bits per heavy atom. The highest BCUT2D eigenvalue weighted by Gasteiger charge is 2.44. The molecule has 0 aromatic carbocycles. The van der Waals surface area contributed by atoms with Crippen LogP contribution in [-0.4, -0.2) is 89.0 Å². The van der Waals surface area contributed by atoms with Crippen LogP contribution in [0.1, 0.15) is 53.9 Å². The topological polar surface area (TPSA) is 133 Å². The van der Waals surface area contributed by atoms with Crippen LogP contribution in [0.2, 0.25) is 0 Å². The van der Waals surface area contributed by atoms with Crippen molar-refractivity contribution in [3.05, 3.63) is 0 Å². The highest BCUT2D eigenvalue weighted by Crippen LogP contribution is 2.33. The minimum Gasteiger partial charge on any atom is -0.460 e. The van der Waals surface area contributed by atoms with Crippen molar-refractivity contribution < 1.29 is 48.5 Å². The lowest BCUT2D eigenvalue weighted by Gasteiger charge is -2.44. The Balaban J connectivity index is 1.59. The molecule has 3 saturated heterocycles. The maximum absolute atomic E-state index is 11.3. The first-order valence-electron chi connectivity index (χ1n) is 11.0. The molecule has 0 saturated carbocycles. The SMILES string of the molecule is CC(=O)O[C@H]1[C@H](C)O[C@@H](O[C@@H]2C[C@H](O[C@@H]3C[C@H](O)O[C@H](C)[C@H]3O)O[C@H](C)[C@H]2O)C[C@@H]1C. The molecule has 0 amide bonds. The van der Waals surface area contributed by atoms with Crippen LogP contribution in [0, 0.1) is 5.92 Å². The van der Waals surface area contributed by atoms with Crippen molar-refractivity contribution in [1.82, 2.24) is 0 Å². The average molecular weight is 449 g/mol. The van der Waals surface area contributed by atoms with E-state index in [0.717, 1.165) is 0 Å². The summed E-state index contributed by atoms with van der Waals surface area (Å²) in [5.74, 6) is -0.325. The predicted octanol–water partition coefficient (Wildman–Crippen LogP) is 0.443. The number of carbonyl (C=O) groups excluding carboxylic acids is 1. The van der Waals surface area contributed by atoms with Crippen LogP contribution in [0.3, 0.4) is 0 Å². The van der Waals surface area contributed by atoms with Gasteiger partial charge in [0.1, 0.15) is 18.3 Å². The smallest absolute Gasteiger partial charge is 0.303 e. The number of ether oxygens (including phenoxy) is 6. The first-order valence-corrected chi connectivity index (χ1v) is 11.0. The summed E-state index contributed by atoms with van der Waals surface area (Å²) in [6.07, 6.45) is -6.36. The summed E-state index contributed by atoms with van der Waals surface area (Å²) in [5, 5.41) is 30.7. The van der Waals surface area contributed by atoms with E-state index in [1.807, 2.05) is 13.8 Å². The second-order valence-corrected chi connectivity index (χ2v) is 8.93. The summed E-state index contributed by atoms with van der Waals surface area (Å²) in [7, 11) is 0. The Bertz CT molecular complexity index is 591. The lowest BCUT2D eigenvalue weighted by molar-refractivity contribution is -0.323. The minimum atomic E-state index is -1.02. The molecule has 180 valence electrons. The zero-order chi connectivity index (χ0) is 22.9. The van der Waals surface area contributed by atoms with Gasteiger partial charge in [0.05, 0.1) is 30.5 Å². The van der Waals surface area contributed by atoms with Gasteiger partial charge in [0, 0.05) is 32.1 Å². The third kappa shape index (κ3) is 6.14. The molecule has 3 rings (SSSR count). The van der Waals surface area contributed by atoms with E-state index in [9.17, 15) is 20.1 Å². The van der Waals surface area contributed by atoms with E-state index >= 15 is 0 Å². The Labute approximate surface area is 182 Å². The summed E-state index contributed by atoms with van der Waals surface area (Å²) in [4.78, 5) is 11.3. The van der Waals surface area contributed by atoms with Crippen LogP contribution in [-0.2, 0) is 33.2 Å². The van der Waals surface area contributed by atoms with Crippen molar-refractivity contribution in [1.29, 1.82) is 0 Å². The molecule has 3 N–H and O–H groups in total. The summed E-state index contributed by atoms with van der Waals surface area (Å²) in [6.45, 7) is 8.55. The first-order chi connectivity index (χ1) is 14.5. The molecule has 3 aliphatic heterocycles. The van der Waals surface area contributed by atoms with Crippen LogP contribution >= 0.6 is 0 Å². The summed E-state index contributed by atoms with van der Waals surface area (Å²) < 4.78 is 34.2. The van der Waals surface area contributed by atoms with E-state index in [4.69, 9.17) is 28.4 Å². The highest BCUT2D eigenvalue weighted by atomic mass is 16.7. The lowest BCUT2D eigenvalue weighted by Crippen LogP contribution is -2.55. The molecule has 3 heterocycles. The molecule has 31 heavy (non-hydrogen) atoms. The first kappa shape index (κ1) is 24.8. The van der Waals surface area contributed by atoms with E-state index in [1.165, 1.54) is 6.92 Å². The number of rotatable bonds is 5. The van der Waals surface area contributed by atoms with Crippen molar-refractivity contribution in [2.75, 3.05) is 0 Å². The zero-order valence-corrected chi connectivity index (χ0v) is 18.7. The number of carbonyl (C=O) groups is 1. The molecule has 12 atom stereocenters. The van der Waals surface area contributed by atoms with Crippen molar-refractivity contribution in [2.45, 2.75) is 122 Å². The summed E-state index contributed by atoms with van der Waals surface area (Å²) in [5.41, 5.74) is 0. The van der Waals surface area contributed by atoms with Crippen LogP contribution in [0.5, 0.6) is 0 Å². The molecular formula is C21H36O10. The maximum atomic E-state index is 11.3. The van der Waals surface area contributed by atoms with Gasteiger partial charge in [-0.3, -0.25) is 4.79 Å². The third-order valence-corrected chi connectivity index (χ3v) is 6.23. The fraction of sp³-hybridized carbons (Fsp3) is 0.952. The third-order valence-electron chi connectivity index (χ3n) is 6.23. The standard InChI is InChI=1S/C21H36O10/c1-9-6-17(28-12(4)21(9)29-13(5)22)31-15-8-18(27-11(3)20(15)25)30-14-7-16(23)26-10(2)19(14)24/h9-12,14-21,23-25H,6-8H2,1-5H3/t9-,10+,11+,12-,14+,15+,16+,17-,18-,19+,20+,21+/m0/s1. The Hall–Kier alpha value is -0.850. The van der Waals surface area contributed by atoms with Gasteiger partial charge in [-0.1, -0.05) is 6.92 Å². The number of hydrogen-bond donors (Lipinski definition) is 3. The Morgan fingerprint density at radius 2 is 1.29 bits per heavy atom. The van der Waals surface area contributed by atoms with Crippen molar-refractivity contribution in [2.24, 2.45) is 5.92 Å². The second-order valence-electron chi connectivity index (χ2n) is 8.93.